The molecule has 2 atom stereocenters. The van der Waals surface area contributed by atoms with Crippen LogP contribution in [0.15, 0.2) is 24.3 Å². The molecule has 4 nitrogen and oxygen atoms in total. The molecular formula is C17H29N3O. The summed E-state index contributed by atoms with van der Waals surface area (Å²) in [6.45, 7) is 4.59. The summed E-state index contributed by atoms with van der Waals surface area (Å²) in [5.41, 5.74) is 7.64. The number of ether oxygens (including phenoxy) is 1. The minimum absolute atomic E-state index is 0.0283. The second kappa shape index (κ2) is 7.25. The lowest BCUT2D eigenvalue weighted by molar-refractivity contribution is 0.102. The summed E-state index contributed by atoms with van der Waals surface area (Å²) in [7, 11) is 6.10. The number of hydrogen-bond acceptors (Lipinski definition) is 4. The molecule has 2 unspecified atom stereocenters. The Labute approximate surface area is 128 Å². The predicted molar refractivity (Wildman–Crippen MR) is 87.7 cm³/mol. The van der Waals surface area contributed by atoms with E-state index in [2.05, 4.69) is 43.0 Å². The Morgan fingerprint density at radius 2 is 1.81 bits per heavy atom. The quantitative estimate of drug-likeness (QED) is 0.902. The molecule has 0 saturated carbocycles. The Balaban J connectivity index is 1.98. The lowest BCUT2D eigenvalue weighted by Crippen LogP contribution is -2.48. The van der Waals surface area contributed by atoms with E-state index in [1.165, 1.54) is 31.5 Å². The first-order chi connectivity index (χ1) is 10.0. The lowest BCUT2D eigenvalue weighted by Gasteiger charge is -2.40. The van der Waals surface area contributed by atoms with Crippen LogP contribution in [0.3, 0.4) is 0 Å². The van der Waals surface area contributed by atoms with Gasteiger partial charge in [-0.3, -0.25) is 4.90 Å². The molecule has 0 radical (unpaired) electrons. The number of likely N-dealkylation sites (tertiary alicyclic amines) is 1. The summed E-state index contributed by atoms with van der Waals surface area (Å²) in [5.74, 6) is 0.877. The van der Waals surface area contributed by atoms with Crippen molar-refractivity contribution in [3.63, 3.8) is 0 Å². The molecule has 0 bridgehead atoms. The number of hydrogen-bond donors (Lipinski definition) is 1. The number of nitrogens with zero attached hydrogens (tertiary/aromatic N) is 2. The van der Waals surface area contributed by atoms with Gasteiger partial charge in [-0.15, -0.1) is 0 Å². The van der Waals surface area contributed by atoms with Crippen LogP contribution in [0.4, 0.5) is 0 Å². The highest BCUT2D eigenvalue weighted by Crippen LogP contribution is 2.24. The Bertz CT molecular complexity index is 426. The van der Waals surface area contributed by atoms with Gasteiger partial charge in [-0.1, -0.05) is 12.1 Å². The first-order valence-corrected chi connectivity index (χ1v) is 7.83. The van der Waals surface area contributed by atoms with Crippen LogP contribution in [0.5, 0.6) is 5.75 Å². The zero-order valence-corrected chi connectivity index (χ0v) is 13.7. The first-order valence-electron chi connectivity index (χ1n) is 7.83. The molecule has 1 aliphatic rings. The minimum Gasteiger partial charge on any atom is -0.497 e. The van der Waals surface area contributed by atoms with Gasteiger partial charge in [-0.25, -0.2) is 0 Å². The van der Waals surface area contributed by atoms with Crippen molar-refractivity contribution in [1.82, 2.24) is 9.80 Å². The third kappa shape index (κ3) is 3.96. The number of piperidine rings is 1. The van der Waals surface area contributed by atoms with Crippen LogP contribution >= 0.6 is 0 Å². The summed E-state index contributed by atoms with van der Waals surface area (Å²) in [4.78, 5) is 4.86. The molecule has 2 N–H and O–H groups in total. The van der Waals surface area contributed by atoms with Gasteiger partial charge in [0, 0.05) is 18.1 Å². The molecule has 21 heavy (non-hydrogen) atoms. The molecule has 0 aliphatic carbocycles. The minimum atomic E-state index is 0.0283. The fraction of sp³-hybridized carbons (Fsp3) is 0.647. The van der Waals surface area contributed by atoms with Crippen LogP contribution in [0, 0.1) is 0 Å². The van der Waals surface area contributed by atoms with Gasteiger partial charge in [-0.2, -0.15) is 0 Å². The SMILES string of the molecule is COc1ccc(C(N)C(C)N(C)C2CCN(C)CC2)cc1. The van der Waals surface area contributed by atoms with Crippen molar-refractivity contribution in [2.24, 2.45) is 5.73 Å². The van der Waals surface area contributed by atoms with Crippen LogP contribution in [0.25, 0.3) is 0 Å². The zero-order valence-electron chi connectivity index (χ0n) is 13.7. The van der Waals surface area contributed by atoms with Crippen molar-refractivity contribution >= 4 is 0 Å². The molecular weight excluding hydrogens is 262 g/mol. The Hall–Kier alpha value is -1.10. The Morgan fingerprint density at radius 3 is 2.33 bits per heavy atom. The predicted octanol–water partition coefficient (Wildman–Crippen LogP) is 2.11. The van der Waals surface area contributed by atoms with Gasteiger partial charge >= 0.3 is 0 Å². The average Bonchev–Trinajstić information content (AvgIpc) is 2.53. The summed E-state index contributed by atoms with van der Waals surface area (Å²) in [5, 5.41) is 0. The van der Waals surface area contributed by atoms with Crippen LogP contribution < -0.4 is 10.5 Å². The molecule has 0 aromatic heterocycles. The summed E-state index contributed by atoms with van der Waals surface area (Å²) in [6.07, 6.45) is 2.46. The molecule has 2 rings (SSSR count). The molecule has 1 heterocycles. The van der Waals surface area contributed by atoms with Gasteiger partial charge in [0.25, 0.3) is 0 Å². The fourth-order valence-corrected chi connectivity index (χ4v) is 3.09. The van der Waals surface area contributed by atoms with Gasteiger partial charge in [-0.05, 0) is 64.6 Å². The maximum Gasteiger partial charge on any atom is 0.118 e. The zero-order chi connectivity index (χ0) is 15.4. The number of benzene rings is 1. The second-order valence-corrected chi connectivity index (χ2v) is 6.24. The van der Waals surface area contributed by atoms with E-state index in [1.54, 1.807) is 7.11 Å². The van der Waals surface area contributed by atoms with Gasteiger partial charge in [0.1, 0.15) is 5.75 Å². The third-order valence-electron chi connectivity index (χ3n) is 4.93. The highest BCUT2D eigenvalue weighted by molar-refractivity contribution is 5.29. The van der Waals surface area contributed by atoms with Gasteiger partial charge < -0.3 is 15.4 Å². The highest BCUT2D eigenvalue weighted by Gasteiger charge is 2.27. The molecule has 0 spiro atoms. The van der Waals surface area contributed by atoms with E-state index in [1.807, 2.05) is 12.1 Å². The summed E-state index contributed by atoms with van der Waals surface area (Å²) in [6, 6.07) is 9.10. The number of nitrogens with two attached hydrogens (primary N) is 1. The molecule has 4 heteroatoms. The van der Waals surface area contributed by atoms with Crippen molar-refractivity contribution in [3.8, 4) is 5.75 Å². The second-order valence-electron chi connectivity index (χ2n) is 6.24. The Kier molecular flexibility index (Phi) is 5.62. The van der Waals surface area contributed by atoms with E-state index in [0.29, 0.717) is 12.1 Å². The number of likely N-dealkylation sites (N-methyl/N-ethyl adjacent to an activating group) is 1. The first kappa shape index (κ1) is 16.3. The number of methoxy groups -OCH3 is 1. The molecule has 1 aromatic carbocycles. The highest BCUT2D eigenvalue weighted by atomic mass is 16.5. The van der Waals surface area contributed by atoms with Crippen LogP contribution in [0.2, 0.25) is 0 Å². The largest absolute Gasteiger partial charge is 0.497 e. The van der Waals surface area contributed by atoms with Crippen molar-refractivity contribution < 1.29 is 4.74 Å². The van der Waals surface area contributed by atoms with Crippen LogP contribution in [-0.2, 0) is 0 Å². The van der Waals surface area contributed by atoms with E-state index in [4.69, 9.17) is 10.5 Å². The normalized spacial score (nSPS) is 20.5. The monoisotopic (exact) mass is 291 g/mol. The van der Waals surface area contributed by atoms with Crippen LogP contribution in [0.1, 0.15) is 31.4 Å². The van der Waals surface area contributed by atoms with Gasteiger partial charge in [0.05, 0.1) is 7.11 Å². The lowest BCUT2D eigenvalue weighted by atomic mass is 9.96. The van der Waals surface area contributed by atoms with E-state index >= 15 is 0 Å². The van der Waals surface area contributed by atoms with E-state index < -0.39 is 0 Å². The van der Waals surface area contributed by atoms with Crippen LogP contribution in [-0.4, -0.2) is 56.2 Å². The fourth-order valence-electron chi connectivity index (χ4n) is 3.09. The molecule has 1 aliphatic heterocycles. The molecule has 118 valence electrons. The van der Waals surface area contributed by atoms with E-state index in [-0.39, 0.29) is 6.04 Å². The van der Waals surface area contributed by atoms with Gasteiger partial charge in [0.15, 0.2) is 0 Å². The molecule has 1 fully saturated rings. The maximum absolute atomic E-state index is 6.47. The number of rotatable bonds is 5. The average molecular weight is 291 g/mol. The van der Waals surface area contributed by atoms with E-state index in [0.717, 1.165) is 5.75 Å². The van der Waals surface area contributed by atoms with Crippen molar-refractivity contribution in [3.05, 3.63) is 29.8 Å². The van der Waals surface area contributed by atoms with Crippen molar-refractivity contribution in [2.75, 3.05) is 34.3 Å². The summed E-state index contributed by atoms with van der Waals surface area (Å²) >= 11 is 0. The smallest absolute Gasteiger partial charge is 0.118 e. The maximum atomic E-state index is 6.47. The van der Waals surface area contributed by atoms with Crippen molar-refractivity contribution in [2.45, 2.75) is 37.9 Å². The van der Waals surface area contributed by atoms with E-state index in [9.17, 15) is 0 Å². The molecule has 0 amide bonds. The molecule has 1 saturated heterocycles. The summed E-state index contributed by atoms with van der Waals surface area (Å²) < 4.78 is 5.21. The topological polar surface area (TPSA) is 41.7 Å². The standard InChI is InChI=1S/C17H29N3O/c1-13(20(3)15-9-11-19(2)12-10-15)17(18)14-5-7-16(21-4)8-6-14/h5-8,13,15,17H,9-12,18H2,1-4H3. The van der Waals surface area contributed by atoms with Crippen molar-refractivity contribution in [1.29, 1.82) is 0 Å². The van der Waals surface area contributed by atoms with Gasteiger partial charge in [0.2, 0.25) is 0 Å². The molecule has 1 aromatic rings. The Morgan fingerprint density at radius 1 is 1.24 bits per heavy atom. The third-order valence-corrected chi connectivity index (χ3v) is 4.93.